The lowest BCUT2D eigenvalue weighted by molar-refractivity contribution is -0.126. The summed E-state index contributed by atoms with van der Waals surface area (Å²) in [5.74, 6) is -0.793. The van der Waals surface area contributed by atoms with E-state index in [1.807, 2.05) is 54.6 Å². The number of amides is 1. The zero-order valence-electron chi connectivity index (χ0n) is 18.5. The van der Waals surface area contributed by atoms with Gasteiger partial charge in [0.2, 0.25) is 5.91 Å². The quantitative estimate of drug-likeness (QED) is 0.502. The molecule has 176 valence electrons. The minimum absolute atomic E-state index is 0.0636. The number of carbonyl (C=O) groups is 1. The van der Waals surface area contributed by atoms with E-state index in [0.29, 0.717) is 22.6 Å². The molecule has 0 bridgehead atoms. The lowest BCUT2D eigenvalue weighted by Gasteiger charge is -2.40. The fraction of sp³-hybridized carbons (Fsp3) is 0.308. The van der Waals surface area contributed by atoms with Gasteiger partial charge < -0.3 is 19.9 Å². The van der Waals surface area contributed by atoms with E-state index in [9.17, 15) is 14.3 Å². The number of carbonyl (C=O) groups excluding carboxylic acids is 1. The zero-order valence-corrected chi connectivity index (χ0v) is 20.1. The Morgan fingerprint density at radius 2 is 1.97 bits per heavy atom. The Balaban J connectivity index is 1.79. The molecule has 1 fully saturated rings. The number of alkyl halides is 1. The molecule has 1 amide bonds. The first kappa shape index (κ1) is 22.8. The smallest absolute Gasteiger partial charge is 0.224 e. The first-order valence-electron chi connectivity index (χ1n) is 11.0. The summed E-state index contributed by atoms with van der Waals surface area (Å²) in [6.07, 6.45) is 3.16. The second-order valence-electron chi connectivity index (χ2n) is 8.60. The third-order valence-electron chi connectivity index (χ3n) is 6.91. The van der Waals surface area contributed by atoms with E-state index >= 15 is 0 Å². The van der Waals surface area contributed by atoms with Crippen molar-refractivity contribution < 1.29 is 23.8 Å². The number of aliphatic hydroxyl groups is 1. The monoisotopic (exact) mass is 526 g/mol. The molecule has 2 aromatic carbocycles. The number of benzene rings is 2. The van der Waals surface area contributed by atoms with Crippen molar-refractivity contribution in [1.29, 1.82) is 0 Å². The minimum atomic E-state index is -1.61. The molecular formula is C26H24BrFN2O4. The van der Waals surface area contributed by atoms with E-state index in [2.05, 4.69) is 26.2 Å². The largest absolute Gasteiger partial charge is 0.495 e. The maximum absolute atomic E-state index is 13.4. The van der Waals surface area contributed by atoms with Crippen molar-refractivity contribution in [2.75, 3.05) is 20.3 Å². The van der Waals surface area contributed by atoms with Crippen molar-refractivity contribution in [2.45, 2.75) is 23.5 Å². The summed E-state index contributed by atoms with van der Waals surface area (Å²) in [7, 11) is 1.51. The van der Waals surface area contributed by atoms with Crippen LogP contribution in [0.15, 0.2) is 71.5 Å². The Morgan fingerprint density at radius 1 is 1.24 bits per heavy atom. The summed E-state index contributed by atoms with van der Waals surface area (Å²) in [5.41, 5.74) is -0.934. The zero-order chi connectivity index (χ0) is 23.9. The van der Waals surface area contributed by atoms with Crippen LogP contribution in [0.3, 0.4) is 0 Å². The van der Waals surface area contributed by atoms with E-state index in [1.165, 1.54) is 13.3 Å². The highest BCUT2D eigenvalue weighted by Crippen LogP contribution is 2.69. The Bertz CT molecular complexity index is 1210. The average molecular weight is 527 g/mol. The molecule has 0 unspecified atom stereocenters. The fourth-order valence-corrected chi connectivity index (χ4v) is 5.91. The van der Waals surface area contributed by atoms with Crippen LogP contribution in [0.4, 0.5) is 4.39 Å². The van der Waals surface area contributed by atoms with Crippen LogP contribution in [0.25, 0.3) is 0 Å². The second-order valence-corrected chi connectivity index (χ2v) is 9.51. The summed E-state index contributed by atoms with van der Waals surface area (Å²) in [6.45, 7) is -0.763. The molecule has 8 heteroatoms. The summed E-state index contributed by atoms with van der Waals surface area (Å²) in [4.78, 5) is 17.6. The lowest BCUT2D eigenvalue weighted by Crippen LogP contribution is -2.48. The van der Waals surface area contributed by atoms with Crippen LogP contribution in [0.5, 0.6) is 11.5 Å². The van der Waals surface area contributed by atoms with E-state index < -0.39 is 29.7 Å². The fourth-order valence-electron chi connectivity index (χ4n) is 5.65. The van der Waals surface area contributed by atoms with Crippen molar-refractivity contribution in [1.82, 2.24) is 10.3 Å². The summed E-state index contributed by atoms with van der Waals surface area (Å²) in [6, 6.07) is 17.1. The van der Waals surface area contributed by atoms with Crippen molar-refractivity contribution in [3.05, 3.63) is 88.2 Å². The van der Waals surface area contributed by atoms with Gasteiger partial charge in [0, 0.05) is 16.9 Å². The molecule has 5 rings (SSSR count). The highest BCUT2D eigenvalue weighted by Gasteiger charge is 2.73. The van der Waals surface area contributed by atoms with Gasteiger partial charge in [0.25, 0.3) is 0 Å². The van der Waals surface area contributed by atoms with Gasteiger partial charge in [0.1, 0.15) is 23.8 Å². The van der Waals surface area contributed by atoms with Crippen LogP contribution < -0.4 is 14.8 Å². The van der Waals surface area contributed by atoms with Crippen LogP contribution in [-0.4, -0.2) is 36.3 Å². The predicted octanol–water partition coefficient (Wildman–Crippen LogP) is 4.22. The van der Waals surface area contributed by atoms with Gasteiger partial charge in [-0.2, -0.15) is 0 Å². The average Bonchev–Trinajstić information content (AvgIpc) is 3.27. The van der Waals surface area contributed by atoms with Gasteiger partial charge >= 0.3 is 0 Å². The molecule has 1 saturated carbocycles. The number of methoxy groups -OCH3 is 1. The van der Waals surface area contributed by atoms with E-state index in [1.54, 1.807) is 6.20 Å². The summed E-state index contributed by atoms with van der Waals surface area (Å²) in [5, 5.41) is 15.2. The highest BCUT2D eigenvalue weighted by molar-refractivity contribution is 9.10. The van der Waals surface area contributed by atoms with Gasteiger partial charge in [-0.15, -0.1) is 0 Å². The molecular weight excluding hydrogens is 503 g/mol. The molecule has 0 saturated heterocycles. The van der Waals surface area contributed by atoms with Crippen LogP contribution in [0.2, 0.25) is 0 Å². The number of ether oxygens (including phenoxy) is 2. The SMILES string of the molecule is COc1cncc2c1[C@]1(O)C[C@H](C(=O)NCCF)[C@@H](c3ccccc3)[C@]1(c1ccc(Br)cc1)O2. The van der Waals surface area contributed by atoms with Crippen LogP contribution in [0.1, 0.15) is 29.0 Å². The maximum Gasteiger partial charge on any atom is 0.224 e. The van der Waals surface area contributed by atoms with E-state index in [-0.39, 0.29) is 18.9 Å². The van der Waals surface area contributed by atoms with Gasteiger partial charge in [-0.3, -0.25) is 9.78 Å². The summed E-state index contributed by atoms with van der Waals surface area (Å²) >= 11 is 3.48. The van der Waals surface area contributed by atoms with Crippen molar-refractivity contribution >= 4 is 21.8 Å². The first-order valence-corrected chi connectivity index (χ1v) is 11.8. The number of aromatic nitrogens is 1. The number of hydrogen-bond donors (Lipinski definition) is 2. The van der Waals surface area contributed by atoms with Gasteiger partial charge in [0.15, 0.2) is 5.60 Å². The standard InChI is InChI=1S/C26H24BrFN2O4/c1-33-20-14-29-15-21-23(20)25(32)13-19(24(31)30-12-11-28)22(16-5-3-2-4-6-16)26(25,34-21)17-7-9-18(27)10-8-17/h2-10,14-15,19,22,32H,11-13H2,1H3,(H,30,31)/t19-,22+,25+,26-/m0/s1. The molecule has 3 aromatic rings. The number of nitrogens with one attached hydrogen (secondary N) is 1. The van der Waals surface area contributed by atoms with Crippen molar-refractivity contribution in [3.8, 4) is 11.5 Å². The molecule has 2 aliphatic rings. The number of rotatable bonds is 6. The van der Waals surface area contributed by atoms with Crippen molar-refractivity contribution in [3.63, 3.8) is 0 Å². The van der Waals surface area contributed by atoms with Gasteiger partial charge in [0.05, 0.1) is 31.0 Å². The molecule has 34 heavy (non-hydrogen) atoms. The molecule has 2 heterocycles. The van der Waals surface area contributed by atoms with Crippen LogP contribution in [0, 0.1) is 5.92 Å². The number of nitrogens with zero attached hydrogens (tertiary/aromatic N) is 1. The molecule has 2 N–H and O–H groups in total. The normalized spacial score (nSPS) is 26.9. The molecule has 1 aromatic heterocycles. The Labute approximate surface area is 205 Å². The van der Waals surface area contributed by atoms with E-state index in [0.717, 1.165) is 10.0 Å². The van der Waals surface area contributed by atoms with Gasteiger partial charge in [-0.1, -0.05) is 58.4 Å². The minimum Gasteiger partial charge on any atom is -0.495 e. The number of halogens is 2. The summed E-state index contributed by atoms with van der Waals surface area (Å²) < 4.78 is 26.0. The number of pyridine rings is 1. The topological polar surface area (TPSA) is 80.7 Å². The second kappa shape index (κ2) is 8.67. The predicted molar refractivity (Wildman–Crippen MR) is 127 cm³/mol. The maximum atomic E-state index is 13.4. The van der Waals surface area contributed by atoms with Crippen LogP contribution in [-0.2, 0) is 16.0 Å². The first-order chi connectivity index (χ1) is 16.5. The van der Waals surface area contributed by atoms with Gasteiger partial charge in [-0.25, -0.2) is 4.39 Å². The van der Waals surface area contributed by atoms with Gasteiger partial charge in [-0.05, 0) is 29.7 Å². The highest BCUT2D eigenvalue weighted by atomic mass is 79.9. The molecule has 0 radical (unpaired) electrons. The third-order valence-corrected chi connectivity index (χ3v) is 7.44. The van der Waals surface area contributed by atoms with Crippen molar-refractivity contribution in [2.24, 2.45) is 5.92 Å². The number of fused-ring (bicyclic) bond motifs is 3. The Hall–Kier alpha value is -2.97. The molecule has 1 aliphatic heterocycles. The molecule has 1 aliphatic carbocycles. The lowest BCUT2D eigenvalue weighted by atomic mass is 9.71. The molecule has 6 nitrogen and oxygen atoms in total. The Kier molecular flexibility index (Phi) is 5.81. The molecule has 0 spiro atoms. The van der Waals surface area contributed by atoms with Crippen LogP contribution >= 0.6 is 15.9 Å². The Morgan fingerprint density at radius 3 is 2.65 bits per heavy atom. The third kappa shape index (κ3) is 3.23. The molecule has 4 atom stereocenters. The van der Waals surface area contributed by atoms with E-state index in [4.69, 9.17) is 9.47 Å². The number of hydrogen-bond acceptors (Lipinski definition) is 5.